The summed E-state index contributed by atoms with van der Waals surface area (Å²) in [6.07, 6.45) is 3.93. The van der Waals surface area contributed by atoms with Gasteiger partial charge in [-0.05, 0) is 59.2 Å². The SMILES string of the molecule is CCc1cc(CNc2ncc3n(c2=O)[C@H](C(=O)NCc2cc4c(s2)CNC4)CC3)cc(-c2ccccc2)c1. The van der Waals surface area contributed by atoms with Crippen molar-refractivity contribution in [2.75, 3.05) is 5.32 Å². The Kier molecular flexibility index (Phi) is 6.82. The van der Waals surface area contributed by atoms with Crippen molar-refractivity contribution >= 4 is 23.1 Å². The Balaban J connectivity index is 1.17. The van der Waals surface area contributed by atoms with Crippen LogP contribution in [0, 0.1) is 0 Å². The summed E-state index contributed by atoms with van der Waals surface area (Å²) in [4.78, 5) is 33.5. The van der Waals surface area contributed by atoms with Crippen LogP contribution in [0.4, 0.5) is 5.82 Å². The minimum atomic E-state index is -0.511. The van der Waals surface area contributed by atoms with Gasteiger partial charge in [-0.15, -0.1) is 11.3 Å². The molecule has 4 aromatic rings. The zero-order chi connectivity index (χ0) is 26.1. The number of aromatic nitrogens is 2. The molecule has 0 unspecified atom stereocenters. The summed E-state index contributed by atoms with van der Waals surface area (Å²) < 4.78 is 1.63. The molecule has 38 heavy (non-hydrogen) atoms. The molecule has 1 amide bonds. The summed E-state index contributed by atoms with van der Waals surface area (Å²) in [7, 11) is 0. The highest BCUT2D eigenvalue weighted by Crippen LogP contribution is 2.28. The van der Waals surface area contributed by atoms with Gasteiger partial charge < -0.3 is 16.0 Å². The topological polar surface area (TPSA) is 88.0 Å². The summed E-state index contributed by atoms with van der Waals surface area (Å²) >= 11 is 1.74. The van der Waals surface area contributed by atoms with Gasteiger partial charge in [0.25, 0.3) is 5.56 Å². The molecule has 0 bridgehead atoms. The first-order valence-corrected chi connectivity index (χ1v) is 14.0. The monoisotopic (exact) mass is 525 g/mol. The summed E-state index contributed by atoms with van der Waals surface area (Å²) in [6.45, 7) is 4.90. The van der Waals surface area contributed by atoms with Crippen molar-refractivity contribution in [3.8, 4) is 11.1 Å². The van der Waals surface area contributed by atoms with Gasteiger partial charge in [0.15, 0.2) is 5.82 Å². The Morgan fingerprint density at radius 2 is 1.92 bits per heavy atom. The van der Waals surface area contributed by atoms with E-state index in [1.807, 2.05) is 18.2 Å². The molecule has 0 fully saturated rings. The Hall–Kier alpha value is -3.75. The molecule has 2 aliphatic rings. The molecule has 6 rings (SSSR count). The van der Waals surface area contributed by atoms with Gasteiger partial charge in [0.05, 0.1) is 6.54 Å². The Morgan fingerprint density at radius 1 is 1.08 bits per heavy atom. The summed E-state index contributed by atoms with van der Waals surface area (Å²) in [6, 6.07) is 18.5. The van der Waals surface area contributed by atoms with E-state index in [1.54, 1.807) is 22.1 Å². The molecular weight excluding hydrogens is 494 g/mol. The molecule has 2 aromatic carbocycles. The number of rotatable bonds is 8. The van der Waals surface area contributed by atoms with E-state index in [2.05, 4.69) is 64.3 Å². The lowest BCUT2D eigenvalue weighted by Crippen LogP contribution is -2.36. The van der Waals surface area contributed by atoms with Crippen LogP contribution < -0.4 is 21.5 Å². The van der Waals surface area contributed by atoms with E-state index in [4.69, 9.17) is 0 Å². The second-order valence-corrected chi connectivity index (χ2v) is 11.1. The van der Waals surface area contributed by atoms with Crippen molar-refractivity contribution in [2.45, 2.75) is 58.4 Å². The quantitative estimate of drug-likeness (QED) is 0.314. The first kappa shape index (κ1) is 24.6. The van der Waals surface area contributed by atoms with Crippen molar-refractivity contribution in [1.29, 1.82) is 0 Å². The number of nitrogens with zero attached hydrogens (tertiary/aromatic N) is 2. The number of hydrogen-bond donors (Lipinski definition) is 3. The highest BCUT2D eigenvalue weighted by Gasteiger charge is 2.30. The van der Waals surface area contributed by atoms with Gasteiger partial charge in [-0.1, -0.05) is 49.4 Å². The number of thiophene rings is 1. The number of aryl methyl sites for hydroxylation is 2. The predicted octanol–water partition coefficient (Wildman–Crippen LogP) is 4.55. The Morgan fingerprint density at radius 3 is 2.74 bits per heavy atom. The second kappa shape index (κ2) is 10.6. The smallest absolute Gasteiger partial charge is 0.294 e. The lowest BCUT2D eigenvalue weighted by Gasteiger charge is -2.16. The van der Waals surface area contributed by atoms with Gasteiger partial charge in [0.1, 0.15) is 6.04 Å². The molecular formula is C30H31N5O2S. The fourth-order valence-corrected chi connectivity index (χ4v) is 6.48. The van der Waals surface area contributed by atoms with E-state index in [1.165, 1.54) is 16.0 Å². The second-order valence-electron chi connectivity index (χ2n) is 9.92. The number of fused-ring (bicyclic) bond motifs is 2. The molecule has 0 saturated carbocycles. The lowest BCUT2D eigenvalue weighted by molar-refractivity contribution is -0.124. The molecule has 0 spiro atoms. The normalized spacial score (nSPS) is 15.8. The lowest BCUT2D eigenvalue weighted by atomic mass is 9.98. The number of anilines is 1. The summed E-state index contributed by atoms with van der Waals surface area (Å²) in [5.74, 6) is 0.164. The van der Waals surface area contributed by atoms with Gasteiger partial charge in [-0.3, -0.25) is 14.2 Å². The number of benzene rings is 2. The summed E-state index contributed by atoms with van der Waals surface area (Å²) in [5.41, 5.74) is 6.54. The van der Waals surface area contributed by atoms with Crippen LogP contribution in [0.25, 0.3) is 11.1 Å². The molecule has 0 aliphatic carbocycles. The number of amides is 1. The molecule has 3 N–H and O–H groups in total. The molecule has 2 aliphatic heterocycles. The molecule has 0 radical (unpaired) electrons. The number of carbonyl (C=O) groups excluding carboxylic acids is 1. The zero-order valence-corrected chi connectivity index (χ0v) is 22.2. The van der Waals surface area contributed by atoms with Crippen molar-refractivity contribution in [3.05, 3.63) is 103 Å². The van der Waals surface area contributed by atoms with Crippen LogP contribution in [0.1, 0.15) is 51.5 Å². The van der Waals surface area contributed by atoms with E-state index in [0.717, 1.165) is 46.8 Å². The van der Waals surface area contributed by atoms with Crippen molar-refractivity contribution in [3.63, 3.8) is 0 Å². The fraction of sp³-hybridized carbons (Fsp3) is 0.300. The number of hydrogen-bond acceptors (Lipinski definition) is 6. The predicted molar refractivity (Wildman–Crippen MR) is 151 cm³/mol. The first-order chi connectivity index (χ1) is 18.6. The third-order valence-corrected chi connectivity index (χ3v) is 8.55. The standard InChI is InChI=1S/C30H31N5O2S/c1-2-19-10-20(12-22(11-19)21-6-4-3-5-7-21)14-32-28-30(37)35-24(16-33-28)8-9-26(35)29(36)34-17-25-13-23-15-31-18-27(23)38-25/h3-7,10-13,16,26,31H,2,8-9,14-15,17-18H2,1H3,(H,32,33)(H,34,36)/t26-/m0/s1. The molecule has 2 aromatic heterocycles. The average Bonchev–Trinajstić information content (AvgIpc) is 3.67. The van der Waals surface area contributed by atoms with E-state index in [9.17, 15) is 9.59 Å². The number of carbonyl (C=O) groups is 1. The molecule has 4 heterocycles. The van der Waals surface area contributed by atoms with E-state index in [0.29, 0.717) is 25.9 Å². The molecule has 194 valence electrons. The van der Waals surface area contributed by atoms with Crippen LogP contribution >= 0.6 is 11.3 Å². The van der Waals surface area contributed by atoms with Crippen molar-refractivity contribution in [2.24, 2.45) is 0 Å². The minimum absolute atomic E-state index is 0.113. The highest BCUT2D eigenvalue weighted by atomic mass is 32.1. The van der Waals surface area contributed by atoms with Gasteiger partial charge >= 0.3 is 0 Å². The third kappa shape index (κ3) is 4.89. The maximum atomic E-state index is 13.4. The van der Waals surface area contributed by atoms with Crippen LogP contribution in [-0.4, -0.2) is 15.5 Å². The fourth-order valence-electron chi connectivity index (χ4n) is 5.38. The maximum absolute atomic E-state index is 13.4. The molecule has 1 atom stereocenters. The van der Waals surface area contributed by atoms with Crippen molar-refractivity contribution < 1.29 is 4.79 Å². The largest absolute Gasteiger partial charge is 0.361 e. The highest BCUT2D eigenvalue weighted by molar-refractivity contribution is 7.12. The molecule has 7 nitrogen and oxygen atoms in total. The zero-order valence-electron chi connectivity index (χ0n) is 21.4. The number of nitrogens with one attached hydrogen (secondary N) is 3. The van der Waals surface area contributed by atoms with Crippen molar-refractivity contribution in [1.82, 2.24) is 20.2 Å². The van der Waals surface area contributed by atoms with E-state index in [-0.39, 0.29) is 17.3 Å². The van der Waals surface area contributed by atoms with E-state index < -0.39 is 6.04 Å². The Bertz CT molecular complexity index is 1520. The van der Waals surface area contributed by atoms with Gasteiger partial charge in [-0.25, -0.2) is 4.98 Å². The maximum Gasteiger partial charge on any atom is 0.294 e. The van der Waals surface area contributed by atoms with E-state index >= 15 is 0 Å². The van der Waals surface area contributed by atoms with Crippen LogP contribution in [-0.2, 0) is 43.8 Å². The minimum Gasteiger partial charge on any atom is -0.361 e. The van der Waals surface area contributed by atoms with Crippen LogP contribution in [0.15, 0.2) is 65.6 Å². The third-order valence-electron chi connectivity index (χ3n) is 7.38. The van der Waals surface area contributed by atoms with Crippen LogP contribution in [0.2, 0.25) is 0 Å². The van der Waals surface area contributed by atoms with Crippen LogP contribution in [0.5, 0.6) is 0 Å². The van der Waals surface area contributed by atoms with Gasteiger partial charge in [0, 0.05) is 41.3 Å². The van der Waals surface area contributed by atoms with Gasteiger partial charge in [0.2, 0.25) is 5.91 Å². The average molecular weight is 526 g/mol. The Labute approximate surface area is 226 Å². The summed E-state index contributed by atoms with van der Waals surface area (Å²) in [5, 5.41) is 9.64. The van der Waals surface area contributed by atoms with Crippen LogP contribution in [0.3, 0.4) is 0 Å². The molecule has 0 saturated heterocycles. The van der Waals surface area contributed by atoms with Gasteiger partial charge in [-0.2, -0.15) is 0 Å². The first-order valence-electron chi connectivity index (χ1n) is 13.2. The molecule has 8 heteroatoms.